The van der Waals surface area contributed by atoms with Gasteiger partial charge in [0.05, 0.1) is 16.5 Å². The highest BCUT2D eigenvalue weighted by Crippen LogP contribution is 2.27. The lowest BCUT2D eigenvalue weighted by Gasteiger charge is -2.30. The van der Waals surface area contributed by atoms with Gasteiger partial charge in [0.25, 0.3) is 0 Å². The van der Waals surface area contributed by atoms with Gasteiger partial charge in [0.1, 0.15) is 4.21 Å². The number of nitrogens with one attached hydrogen (secondary N) is 1. The van der Waals surface area contributed by atoms with Crippen molar-refractivity contribution in [2.45, 2.75) is 50.5 Å². The Balaban J connectivity index is 3.00. The van der Waals surface area contributed by atoms with Gasteiger partial charge in [-0.1, -0.05) is 45.7 Å². The topological polar surface area (TPSA) is 66.4 Å². The monoisotopic (exact) mass is 339 g/mol. The molecule has 1 aromatic heterocycles. The highest BCUT2D eigenvalue weighted by atomic mass is 35.5. The number of aliphatic hydroxyl groups excluding tert-OH is 1. The lowest BCUT2D eigenvalue weighted by atomic mass is 9.89. The van der Waals surface area contributed by atoms with Gasteiger partial charge in [-0.25, -0.2) is 13.1 Å². The van der Waals surface area contributed by atoms with E-state index in [9.17, 15) is 13.5 Å². The molecule has 0 aliphatic rings. The second kappa shape index (κ2) is 7.22. The first-order valence-corrected chi connectivity index (χ1v) is 9.32. The third-order valence-corrected chi connectivity index (χ3v) is 6.59. The Morgan fingerprint density at radius 3 is 2.35 bits per heavy atom. The van der Waals surface area contributed by atoms with Crippen LogP contribution in [0.25, 0.3) is 0 Å². The van der Waals surface area contributed by atoms with Crippen molar-refractivity contribution in [3.05, 3.63) is 16.5 Å². The van der Waals surface area contributed by atoms with E-state index < -0.39 is 22.2 Å². The minimum absolute atomic E-state index is 0.0244. The van der Waals surface area contributed by atoms with E-state index in [0.29, 0.717) is 4.34 Å². The van der Waals surface area contributed by atoms with Gasteiger partial charge >= 0.3 is 0 Å². The SMILES string of the molecule is CC[C@H](C)C(NS(=O)(=O)c1ccc(Cl)s1)[C@@H](O)C(C)C. The molecule has 0 spiro atoms. The van der Waals surface area contributed by atoms with Crippen molar-refractivity contribution < 1.29 is 13.5 Å². The van der Waals surface area contributed by atoms with E-state index in [0.717, 1.165) is 17.8 Å². The number of sulfonamides is 1. The molecule has 20 heavy (non-hydrogen) atoms. The Bertz CT molecular complexity index is 527. The van der Waals surface area contributed by atoms with Crippen LogP contribution in [0.4, 0.5) is 0 Å². The molecule has 1 aromatic rings. The molecule has 7 heteroatoms. The van der Waals surface area contributed by atoms with Crippen LogP contribution < -0.4 is 4.72 Å². The predicted molar refractivity (Wildman–Crippen MR) is 83.7 cm³/mol. The van der Waals surface area contributed by atoms with Crippen LogP contribution in [0.15, 0.2) is 16.3 Å². The van der Waals surface area contributed by atoms with Crippen molar-refractivity contribution in [2.75, 3.05) is 0 Å². The molecule has 1 unspecified atom stereocenters. The van der Waals surface area contributed by atoms with Crippen LogP contribution in [0.1, 0.15) is 34.1 Å². The fraction of sp³-hybridized carbons (Fsp3) is 0.692. The normalized spacial score (nSPS) is 17.1. The van der Waals surface area contributed by atoms with Gasteiger partial charge < -0.3 is 5.11 Å². The van der Waals surface area contributed by atoms with Crippen LogP contribution in [-0.4, -0.2) is 25.7 Å². The van der Waals surface area contributed by atoms with Crippen LogP contribution in [0.3, 0.4) is 0 Å². The molecule has 0 saturated heterocycles. The smallest absolute Gasteiger partial charge is 0.250 e. The summed E-state index contributed by atoms with van der Waals surface area (Å²) in [5.41, 5.74) is 0. The van der Waals surface area contributed by atoms with Crippen molar-refractivity contribution in [1.29, 1.82) is 0 Å². The van der Waals surface area contributed by atoms with E-state index in [2.05, 4.69) is 4.72 Å². The quantitative estimate of drug-likeness (QED) is 0.802. The predicted octanol–water partition coefficient (Wildman–Crippen LogP) is 3.11. The number of halogens is 1. The summed E-state index contributed by atoms with van der Waals surface area (Å²) in [6.45, 7) is 7.65. The molecule has 0 bridgehead atoms. The number of thiophene rings is 1. The maximum absolute atomic E-state index is 12.3. The fourth-order valence-electron chi connectivity index (χ4n) is 1.87. The Labute approximate surface area is 130 Å². The summed E-state index contributed by atoms with van der Waals surface area (Å²) in [5.74, 6) is 0.0150. The molecule has 116 valence electrons. The number of hydrogen-bond acceptors (Lipinski definition) is 4. The van der Waals surface area contributed by atoms with Crippen LogP contribution in [0.2, 0.25) is 4.34 Å². The molecule has 0 amide bonds. The van der Waals surface area contributed by atoms with Crippen molar-refractivity contribution in [2.24, 2.45) is 11.8 Å². The average Bonchev–Trinajstić information content (AvgIpc) is 2.81. The zero-order valence-corrected chi connectivity index (χ0v) is 14.5. The largest absolute Gasteiger partial charge is 0.391 e. The zero-order valence-electron chi connectivity index (χ0n) is 12.1. The molecule has 3 atom stereocenters. The van der Waals surface area contributed by atoms with Crippen molar-refractivity contribution in [3.8, 4) is 0 Å². The molecule has 0 aromatic carbocycles. The van der Waals surface area contributed by atoms with E-state index in [1.54, 1.807) is 6.07 Å². The summed E-state index contributed by atoms with van der Waals surface area (Å²) in [6, 6.07) is 2.52. The number of rotatable bonds is 7. The van der Waals surface area contributed by atoms with E-state index in [4.69, 9.17) is 11.6 Å². The second-order valence-electron chi connectivity index (χ2n) is 5.33. The van der Waals surface area contributed by atoms with E-state index >= 15 is 0 Å². The van der Waals surface area contributed by atoms with Crippen molar-refractivity contribution in [3.63, 3.8) is 0 Å². The van der Waals surface area contributed by atoms with Crippen LogP contribution in [0, 0.1) is 11.8 Å². The van der Waals surface area contributed by atoms with Gasteiger partial charge in [0.2, 0.25) is 10.0 Å². The molecule has 0 fully saturated rings. The first-order valence-electron chi connectivity index (χ1n) is 6.64. The summed E-state index contributed by atoms with van der Waals surface area (Å²) in [5, 5.41) is 10.3. The lowest BCUT2D eigenvalue weighted by molar-refractivity contribution is 0.0703. The summed E-state index contributed by atoms with van der Waals surface area (Å²) < 4.78 is 27.9. The van der Waals surface area contributed by atoms with E-state index in [-0.39, 0.29) is 16.0 Å². The Kier molecular flexibility index (Phi) is 6.47. The summed E-state index contributed by atoms with van der Waals surface area (Å²) in [7, 11) is -3.65. The van der Waals surface area contributed by atoms with Crippen molar-refractivity contribution >= 4 is 33.0 Å². The lowest BCUT2D eigenvalue weighted by Crippen LogP contribution is -2.49. The molecular weight excluding hydrogens is 318 g/mol. The molecule has 4 nitrogen and oxygen atoms in total. The standard InChI is InChI=1S/C13H22ClNO3S2/c1-5-9(4)12(13(16)8(2)3)15-20(17,18)11-7-6-10(14)19-11/h6-9,12-13,15-16H,5H2,1-4H3/t9-,12?,13-/m0/s1. The van der Waals surface area contributed by atoms with Crippen LogP contribution >= 0.6 is 22.9 Å². The molecule has 0 radical (unpaired) electrons. The Hall–Kier alpha value is -0.140. The fourth-order valence-corrected chi connectivity index (χ4v) is 4.73. The summed E-state index contributed by atoms with van der Waals surface area (Å²) >= 11 is 6.79. The van der Waals surface area contributed by atoms with Crippen molar-refractivity contribution in [1.82, 2.24) is 4.72 Å². The average molecular weight is 340 g/mol. The summed E-state index contributed by atoms with van der Waals surface area (Å²) in [6.07, 6.45) is 0.0532. The number of hydrogen-bond donors (Lipinski definition) is 2. The Morgan fingerprint density at radius 1 is 1.35 bits per heavy atom. The van der Waals surface area contributed by atoms with E-state index in [1.807, 2.05) is 27.7 Å². The van der Waals surface area contributed by atoms with Gasteiger partial charge in [-0.05, 0) is 24.0 Å². The Morgan fingerprint density at radius 2 is 1.95 bits per heavy atom. The second-order valence-corrected chi connectivity index (χ2v) is 8.98. The van der Waals surface area contributed by atoms with E-state index in [1.165, 1.54) is 6.07 Å². The maximum Gasteiger partial charge on any atom is 0.250 e. The molecule has 0 aliphatic heterocycles. The molecular formula is C13H22ClNO3S2. The minimum atomic E-state index is -3.65. The highest BCUT2D eigenvalue weighted by molar-refractivity contribution is 7.91. The summed E-state index contributed by atoms with van der Waals surface area (Å²) in [4.78, 5) is 0. The van der Waals surface area contributed by atoms with Gasteiger partial charge in [-0.3, -0.25) is 0 Å². The third kappa shape index (κ3) is 4.43. The van der Waals surface area contributed by atoms with Crippen LogP contribution in [0.5, 0.6) is 0 Å². The molecule has 0 saturated carbocycles. The molecule has 2 N–H and O–H groups in total. The van der Waals surface area contributed by atoms with Crippen LogP contribution in [-0.2, 0) is 10.0 Å². The minimum Gasteiger partial charge on any atom is -0.391 e. The van der Waals surface area contributed by atoms with Gasteiger partial charge in [-0.15, -0.1) is 11.3 Å². The molecule has 1 heterocycles. The first kappa shape index (κ1) is 17.9. The first-order chi connectivity index (χ1) is 9.19. The maximum atomic E-state index is 12.3. The highest BCUT2D eigenvalue weighted by Gasteiger charge is 2.31. The van der Waals surface area contributed by atoms with Gasteiger partial charge in [0, 0.05) is 0 Å². The molecule has 0 aliphatic carbocycles. The zero-order chi connectivity index (χ0) is 15.5. The number of aliphatic hydroxyl groups is 1. The third-order valence-electron chi connectivity index (χ3n) is 3.41. The molecule has 1 rings (SSSR count). The van der Waals surface area contributed by atoms with Gasteiger partial charge in [0.15, 0.2) is 0 Å². The van der Waals surface area contributed by atoms with Gasteiger partial charge in [-0.2, -0.15) is 0 Å².